The molecule has 0 saturated heterocycles. The lowest BCUT2D eigenvalue weighted by molar-refractivity contribution is -0.132. The fourth-order valence-electron chi connectivity index (χ4n) is 2.07. The van der Waals surface area contributed by atoms with Crippen LogP contribution in [0.3, 0.4) is 0 Å². The highest BCUT2D eigenvalue weighted by molar-refractivity contribution is 5.84. The number of ether oxygens (including phenoxy) is 1. The molecule has 100 valence electrons. The molecule has 2 aromatic rings. The molecule has 0 saturated carbocycles. The summed E-state index contributed by atoms with van der Waals surface area (Å²) in [4.78, 5) is 13.6. The lowest BCUT2D eigenvalue weighted by Gasteiger charge is -2.18. The monoisotopic (exact) mass is 257 g/mol. The SMILES string of the molecule is CCN(CC)C(=O)COc1ccc2ccccc2c1. The van der Waals surface area contributed by atoms with Crippen molar-refractivity contribution in [3.8, 4) is 5.75 Å². The summed E-state index contributed by atoms with van der Waals surface area (Å²) in [5.41, 5.74) is 0. The van der Waals surface area contributed by atoms with E-state index in [0.29, 0.717) is 0 Å². The molecule has 0 N–H and O–H groups in total. The van der Waals surface area contributed by atoms with Crippen molar-refractivity contribution in [1.29, 1.82) is 0 Å². The quantitative estimate of drug-likeness (QED) is 0.823. The molecule has 2 aromatic carbocycles. The van der Waals surface area contributed by atoms with Crippen molar-refractivity contribution in [3.63, 3.8) is 0 Å². The summed E-state index contributed by atoms with van der Waals surface area (Å²) >= 11 is 0. The number of nitrogens with zero attached hydrogens (tertiary/aromatic N) is 1. The molecule has 0 atom stereocenters. The van der Waals surface area contributed by atoms with E-state index in [4.69, 9.17) is 4.74 Å². The number of benzene rings is 2. The summed E-state index contributed by atoms with van der Waals surface area (Å²) in [6, 6.07) is 14.0. The number of carbonyl (C=O) groups is 1. The first kappa shape index (κ1) is 13.4. The fraction of sp³-hybridized carbons (Fsp3) is 0.312. The number of likely N-dealkylation sites (N-methyl/N-ethyl adjacent to an activating group) is 1. The Kier molecular flexibility index (Phi) is 4.39. The second-order valence-corrected chi connectivity index (χ2v) is 4.36. The van der Waals surface area contributed by atoms with E-state index in [0.717, 1.165) is 24.2 Å². The summed E-state index contributed by atoms with van der Waals surface area (Å²) in [5, 5.41) is 2.29. The molecule has 19 heavy (non-hydrogen) atoms. The molecule has 3 heteroatoms. The van der Waals surface area contributed by atoms with Crippen LogP contribution in [0.2, 0.25) is 0 Å². The predicted molar refractivity (Wildman–Crippen MR) is 77.4 cm³/mol. The molecule has 0 aromatic heterocycles. The highest BCUT2D eigenvalue weighted by atomic mass is 16.5. The normalized spacial score (nSPS) is 10.4. The molecule has 0 aliphatic carbocycles. The Labute approximate surface area is 113 Å². The zero-order valence-electron chi connectivity index (χ0n) is 11.4. The summed E-state index contributed by atoms with van der Waals surface area (Å²) in [6.45, 7) is 5.47. The Morgan fingerprint density at radius 3 is 2.42 bits per heavy atom. The topological polar surface area (TPSA) is 29.5 Å². The molecule has 0 aliphatic heterocycles. The van der Waals surface area contributed by atoms with Crippen LogP contribution in [0.15, 0.2) is 42.5 Å². The maximum absolute atomic E-state index is 11.8. The number of fused-ring (bicyclic) bond motifs is 1. The van der Waals surface area contributed by atoms with Gasteiger partial charge in [-0.25, -0.2) is 0 Å². The summed E-state index contributed by atoms with van der Waals surface area (Å²) in [6.07, 6.45) is 0. The molecule has 0 bridgehead atoms. The summed E-state index contributed by atoms with van der Waals surface area (Å²) in [7, 11) is 0. The number of hydrogen-bond acceptors (Lipinski definition) is 2. The molecule has 1 amide bonds. The first-order valence-electron chi connectivity index (χ1n) is 6.64. The minimum atomic E-state index is 0.0261. The van der Waals surface area contributed by atoms with Crippen molar-refractivity contribution in [2.24, 2.45) is 0 Å². The van der Waals surface area contributed by atoms with E-state index >= 15 is 0 Å². The number of amides is 1. The van der Waals surface area contributed by atoms with E-state index in [1.54, 1.807) is 4.90 Å². The van der Waals surface area contributed by atoms with Gasteiger partial charge >= 0.3 is 0 Å². The van der Waals surface area contributed by atoms with E-state index in [1.165, 1.54) is 5.39 Å². The van der Waals surface area contributed by atoms with E-state index in [9.17, 15) is 4.79 Å². The van der Waals surface area contributed by atoms with Gasteiger partial charge in [0.15, 0.2) is 6.61 Å². The number of carbonyl (C=O) groups excluding carboxylic acids is 1. The lowest BCUT2D eigenvalue weighted by atomic mass is 10.1. The molecule has 0 heterocycles. The van der Waals surface area contributed by atoms with Gasteiger partial charge in [0.25, 0.3) is 5.91 Å². The third-order valence-corrected chi connectivity index (χ3v) is 3.20. The van der Waals surface area contributed by atoms with Crippen LogP contribution in [-0.2, 0) is 4.79 Å². The summed E-state index contributed by atoms with van der Waals surface area (Å²) in [5.74, 6) is 0.761. The van der Waals surface area contributed by atoms with Gasteiger partial charge in [-0.15, -0.1) is 0 Å². The average molecular weight is 257 g/mol. The Morgan fingerprint density at radius 1 is 1.05 bits per heavy atom. The van der Waals surface area contributed by atoms with Crippen LogP contribution >= 0.6 is 0 Å². The van der Waals surface area contributed by atoms with Crippen LogP contribution in [0.4, 0.5) is 0 Å². The standard InChI is InChI=1S/C16H19NO2/c1-3-17(4-2)16(18)12-19-15-10-9-13-7-5-6-8-14(13)11-15/h5-11H,3-4,12H2,1-2H3. The first-order chi connectivity index (χ1) is 9.24. The molecular formula is C16H19NO2. The van der Waals surface area contributed by atoms with Crippen molar-refractivity contribution >= 4 is 16.7 Å². The maximum Gasteiger partial charge on any atom is 0.260 e. The van der Waals surface area contributed by atoms with Gasteiger partial charge in [0, 0.05) is 13.1 Å². The van der Waals surface area contributed by atoms with Crippen LogP contribution in [0.1, 0.15) is 13.8 Å². The van der Waals surface area contributed by atoms with Crippen molar-refractivity contribution in [2.45, 2.75) is 13.8 Å². The molecular weight excluding hydrogens is 238 g/mol. The van der Waals surface area contributed by atoms with E-state index in [-0.39, 0.29) is 12.5 Å². The average Bonchev–Trinajstić information content (AvgIpc) is 2.46. The summed E-state index contributed by atoms with van der Waals surface area (Å²) < 4.78 is 5.57. The zero-order valence-corrected chi connectivity index (χ0v) is 11.4. The Morgan fingerprint density at radius 2 is 1.74 bits per heavy atom. The second-order valence-electron chi connectivity index (χ2n) is 4.36. The maximum atomic E-state index is 11.8. The van der Waals surface area contributed by atoms with Crippen molar-refractivity contribution in [3.05, 3.63) is 42.5 Å². The molecule has 0 aliphatic rings. The first-order valence-corrected chi connectivity index (χ1v) is 6.64. The minimum absolute atomic E-state index is 0.0261. The Bertz CT molecular complexity index is 561. The Balaban J connectivity index is 2.03. The van der Waals surface area contributed by atoms with Gasteiger partial charge in [-0.1, -0.05) is 30.3 Å². The van der Waals surface area contributed by atoms with Crippen LogP contribution in [0, 0.1) is 0 Å². The highest BCUT2D eigenvalue weighted by Gasteiger charge is 2.10. The van der Waals surface area contributed by atoms with Crippen LogP contribution in [0.25, 0.3) is 10.8 Å². The van der Waals surface area contributed by atoms with Gasteiger partial charge in [0.1, 0.15) is 5.75 Å². The molecule has 3 nitrogen and oxygen atoms in total. The molecule has 0 radical (unpaired) electrons. The van der Waals surface area contributed by atoms with Gasteiger partial charge in [-0.3, -0.25) is 4.79 Å². The molecule has 0 fully saturated rings. The van der Waals surface area contributed by atoms with Gasteiger partial charge in [0.05, 0.1) is 0 Å². The smallest absolute Gasteiger partial charge is 0.260 e. The second kappa shape index (κ2) is 6.23. The molecule has 0 unspecified atom stereocenters. The Hall–Kier alpha value is -2.03. The van der Waals surface area contributed by atoms with Crippen LogP contribution < -0.4 is 4.74 Å². The largest absolute Gasteiger partial charge is 0.484 e. The van der Waals surface area contributed by atoms with Crippen molar-refractivity contribution < 1.29 is 9.53 Å². The lowest BCUT2D eigenvalue weighted by Crippen LogP contribution is -2.34. The minimum Gasteiger partial charge on any atom is -0.484 e. The number of hydrogen-bond donors (Lipinski definition) is 0. The van der Waals surface area contributed by atoms with E-state index in [2.05, 4.69) is 6.07 Å². The van der Waals surface area contributed by atoms with Gasteiger partial charge in [-0.05, 0) is 36.8 Å². The number of rotatable bonds is 5. The van der Waals surface area contributed by atoms with Gasteiger partial charge < -0.3 is 9.64 Å². The van der Waals surface area contributed by atoms with Crippen LogP contribution in [-0.4, -0.2) is 30.5 Å². The predicted octanol–water partition coefficient (Wildman–Crippen LogP) is 3.09. The third-order valence-electron chi connectivity index (χ3n) is 3.20. The zero-order chi connectivity index (χ0) is 13.7. The van der Waals surface area contributed by atoms with Crippen molar-refractivity contribution in [1.82, 2.24) is 4.90 Å². The van der Waals surface area contributed by atoms with Gasteiger partial charge in [-0.2, -0.15) is 0 Å². The highest BCUT2D eigenvalue weighted by Crippen LogP contribution is 2.20. The van der Waals surface area contributed by atoms with Crippen molar-refractivity contribution in [2.75, 3.05) is 19.7 Å². The van der Waals surface area contributed by atoms with Gasteiger partial charge in [0.2, 0.25) is 0 Å². The fourth-order valence-corrected chi connectivity index (χ4v) is 2.07. The van der Waals surface area contributed by atoms with E-state index in [1.807, 2.05) is 50.2 Å². The van der Waals surface area contributed by atoms with Crippen LogP contribution in [0.5, 0.6) is 5.75 Å². The third kappa shape index (κ3) is 3.25. The van der Waals surface area contributed by atoms with E-state index < -0.39 is 0 Å². The molecule has 2 rings (SSSR count). The molecule has 0 spiro atoms.